The maximum atomic E-state index is 11.3. The number of hydrogen-bond donors (Lipinski definition) is 3. The van der Waals surface area contributed by atoms with Gasteiger partial charge < -0.3 is 15.5 Å². The zero-order valence-corrected chi connectivity index (χ0v) is 18.1. The van der Waals surface area contributed by atoms with Crippen LogP contribution in [0.15, 0.2) is 72.8 Å². The molecule has 1 amide bonds. The first-order valence-electron chi connectivity index (χ1n) is 11.1. The van der Waals surface area contributed by atoms with Gasteiger partial charge in [0.15, 0.2) is 5.65 Å². The average molecular weight is 451 g/mol. The third-order valence-corrected chi connectivity index (χ3v) is 6.68. The molecule has 3 N–H and O–H groups in total. The van der Waals surface area contributed by atoms with Gasteiger partial charge in [-0.15, -0.1) is 5.10 Å². The molecule has 0 aliphatic heterocycles. The first-order chi connectivity index (χ1) is 16.5. The Hall–Kier alpha value is -4.46. The SMILES string of the molecule is O=C(O)NC1(c2ccc(-c3nc4ccc5nnc(O)n5c4cc3-c3ccccc3)cc2)CCC1. The summed E-state index contributed by atoms with van der Waals surface area (Å²) in [7, 11) is 0. The summed E-state index contributed by atoms with van der Waals surface area (Å²) >= 11 is 0. The summed E-state index contributed by atoms with van der Waals surface area (Å²) < 4.78 is 1.58. The lowest BCUT2D eigenvalue weighted by atomic mass is 9.71. The Labute approximate surface area is 194 Å². The molecule has 1 aliphatic carbocycles. The van der Waals surface area contributed by atoms with Gasteiger partial charge in [-0.2, -0.15) is 0 Å². The van der Waals surface area contributed by atoms with Gasteiger partial charge in [-0.3, -0.25) is 0 Å². The Balaban J connectivity index is 1.53. The van der Waals surface area contributed by atoms with Crippen molar-refractivity contribution in [2.24, 2.45) is 0 Å². The van der Waals surface area contributed by atoms with Gasteiger partial charge in [-0.05, 0) is 48.6 Å². The van der Waals surface area contributed by atoms with Crippen LogP contribution in [0.1, 0.15) is 24.8 Å². The maximum Gasteiger partial charge on any atom is 0.405 e. The molecule has 1 fully saturated rings. The second kappa shape index (κ2) is 7.55. The fourth-order valence-electron chi connectivity index (χ4n) is 4.82. The largest absolute Gasteiger partial charge is 0.479 e. The van der Waals surface area contributed by atoms with Crippen LogP contribution in [0.3, 0.4) is 0 Å². The number of aromatic hydroxyl groups is 1. The lowest BCUT2D eigenvalue weighted by Gasteiger charge is -2.42. The van der Waals surface area contributed by atoms with Crippen molar-refractivity contribution in [2.45, 2.75) is 24.8 Å². The summed E-state index contributed by atoms with van der Waals surface area (Å²) in [5.74, 6) is 0. The number of rotatable bonds is 4. The molecule has 8 nitrogen and oxygen atoms in total. The molecular formula is C26H21N5O3. The second-order valence-corrected chi connectivity index (χ2v) is 8.63. The normalized spacial score (nSPS) is 14.7. The zero-order chi connectivity index (χ0) is 23.3. The van der Waals surface area contributed by atoms with E-state index in [9.17, 15) is 15.0 Å². The van der Waals surface area contributed by atoms with Gasteiger partial charge in [0.25, 0.3) is 0 Å². The molecule has 5 aromatic rings. The highest BCUT2D eigenvalue weighted by Gasteiger charge is 2.40. The van der Waals surface area contributed by atoms with Crippen molar-refractivity contribution in [3.8, 4) is 28.4 Å². The van der Waals surface area contributed by atoms with Gasteiger partial charge in [-0.1, -0.05) is 59.7 Å². The zero-order valence-electron chi connectivity index (χ0n) is 18.1. The Bertz CT molecular complexity index is 1540. The quantitative estimate of drug-likeness (QED) is 0.356. The van der Waals surface area contributed by atoms with Crippen LogP contribution in [0.2, 0.25) is 0 Å². The molecule has 0 radical (unpaired) electrons. The monoisotopic (exact) mass is 451 g/mol. The second-order valence-electron chi connectivity index (χ2n) is 8.63. The van der Waals surface area contributed by atoms with Crippen LogP contribution in [0, 0.1) is 0 Å². The third-order valence-electron chi connectivity index (χ3n) is 6.68. The molecule has 34 heavy (non-hydrogen) atoms. The first kappa shape index (κ1) is 20.2. The molecule has 3 aromatic heterocycles. The van der Waals surface area contributed by atoms with Gasteiger partial charge in [0.1, 0.15) is 0 Å². The van der Waals surface area contributed by atoms with Crippen molar-refractivity contribution < 1.29 is 15.0 Å². The van der Waals surface area contributed by atoms with E-state index >= 15 is 0 Å². The Kier molecular flexibility index (Phi) is 4.48. The first-order valence-corrected chi connectivity index (χ1v) is 11.1. The molecular weight excluding hydrogens is 430 g/mol. The predicted octanol–water partition coefficient (Wildman–Crippen LogP) is 4.96. The fourth-order valence-corrected chi connectivity index (χ4v) is 4.82. The van der Waals surface area contributed by atoms with Crippen LogP contribution in [0.25, 0.3) is 39.1 Å². The van der Waals surface area contributed by atoms with Crippen LogP contribution in [-0.2, 0) is 5.54 Å². The molecule has 8 heteroatoms. The number of aromatic nitrogens is 4. The number of pyridine rings is 2. The van der Waals surface area contributed by atoms with Gasteiger partial charge in [0, 0.05) is 11.1 Å². The summed E-state index contributed by atoms with van der Waals surface area (Å²) in [5.41, 5.74) is 6.01. The van der Waals surface area contributed by atoms with E-state index in [1.165, 1.54) is 0 Å². The molecule has 0 atom stereocenters. The van der Waals surface area contributed by atoms with E-state index in [-0.39, 0.29) is 6.01 Å². The van der Waals surface area contributed by atoms with E-state index in [1.54, 1.807) is 10.5 Å². The van der Waals surface area contributed by atoms with E-state index < -0.39 is 11.6 Å². The number of carbonyl (C=O) groups is 1. The number of benzene rings is 2. The molecule has 3 heterocycles. The summed E-state index contributed by atoms with van der Waals surface area (Å²) in [6, 6.07) is 23.4. The average Bonchev–Trinajstić information content (AvgIpc) is 3.22. The fraction of sp³-hybridized carbons (Fsp3) is 0.154. The van der Waals surface area contributed by atoms with Crippen LogP contribution < -0.4 is 5.32 Å². The standard InChI is InChI=1S/C26H21N5O3/c32-24-30-29-22-12-11-20-21(31(22)24)15-19(16-5-2-1-3-6-16)23(27-20)17-7-9-18(10-8-17)26(13-4-14-26)28-25(33)34/h1-3,5-12,15,28H,4,13-14H2,(H,30,32)(H,33,34). The van der Waals surface area contributed by atoms with E-state index in [0.717, 1.165) is 47.2 Å². The number of hydrogen-bond acceptors (Lipinski definition) is 5. The van der Waals surface area contributed by atoms with Gasteiger partial charge in [0.2, 0.25) is 0 Å². The molecule has 2 aromatic carbocycles. The third kappa shape index (κ3) is 3.14. The summed E-state index contributed by atoms with van der Waals surface area (Å²) in [5, 5.41) is 30.1. The molecule has 0 unspecified atom stereocenters. The van der Waals surface area contributed by atoms with Crippen LogP contribution in [-0.4, -0.2) is 35.9 Å². The van der Waals surface area contributed by atoms with Crippen molar-refractivity contribution in [1.82, 2.24) is 24.9 Å². The van der Waals surface area contributed by atoms with Crippen molar-refractivity contribution >= 4 is 22.8 Å². The maximum absolute atomic E-state index is 11.3. The minimum atomic E-state index is -1.00. The highest BCUT2D eigenvalue weighted by atomic mass is 16.4. The molecule has 6 rings (SSSR count). The summed E-state index contributed by atoms with van der Waals surface area (Å²) in [6.07, 6.45) is 1.58. The minimum Gasteiger partial charge on any atom is -0.479 e. The molecule has 0 saturated heterocycles. The Morgan fingerprint density at radius 2 is 1.71 bits per heavy atom. The topological polar surface area (TPSA) is 113 Å². The number of amides is 1. The van der Waals surface area contributed by atoms with Gasteiger partial charge >= 0.3 is 12.1 Å². The van der Waals surface area contributed by atoms with E-state index in [0.29, 0.717) is 16.7 Å². The summed E-state index contributed by atoms with van der Waals surface area (Å²) in [6.45, 7) is 0. The van der Waals surface area contributed by atoms with Crippen molar-refractivity contribution in [3.63, 3.8) is 0 Å². The Morgan fingerprint density at radius 3 is 2.38 bits per heavy atom. The molecule has 1 aliphatic rings. The highest BCUT2D eigenvalue weighted by Crippen LogP contribution is 2.42. The summed E-state index contributed by atoms with van der Waals surface area (Å²) in [4.78, 5) is 16.3. The highest BCUT2D eigenvalue weighted by molar-refractivity contribution is 5.91. The van der Waals surface area contributed by atoms with E-state index in [1.807, 2.05) is 66.7 Å². The van der Waals surface area contributed by atoms with Crippen LogP contribution >= 0.6 is 0 Å². The number of nitrogens with zero attached hydrogens (tertiary/aromatic N) is 4. The molecule has 0 spiro atoms. The number of fused-ring (bicyclic) bond motifs is 3. The molecule has 0 bridgehead atoms. The lowest BCUT2D eigenvalue weighted by molar-refractivity contribution is 0.144. The molecule has 168 valence electrons. The van der Waals surface area contributed by atoms with E-state index in [4.69, 9.17) is 4.98 Å². The Morgan fingerprint density at radius 1 is 0.941 bits per heavy atom. The minimum absolute atomic E-state index is 0.185. The predicted molar refractivity (Wildman–Crippen MR) is 128 cm³/mol. The lowest BCUT2D eigenvalue weighted by Crippen LogP contribution is -2.50. The number of nitrogens with one attached hydrogen (secondary N) is 1. The van der Waals surface area contributed by atoms with Crippen molar-refractivity contribution in [2.75, 3.05) is 0 Å². The van der Waals surface area contributed by atoms with Crippen molar-refractivity contribution in [3.05, 3.63) is 78.4 Å². The molecule has 1 saturated carbocycles. The van der Waals surface area contributed by atoms with E-state index in [2.05, 4.69) is 15.5 Å². The van der Waals surface area contributed by atoms with Crippen molar-refractivity contribution in [1.29, 1.82) is 0 Å². The van der Waals surface area contributed by atoms with Gasteiger partial charge in [-0.25, -0.2) is 14.2 Å². The number of carboxylic acid groups (broad SMARTS) is 1. The van der Waals surface area contributed by atoms with Crippen LogP contribution in [0.4, 0.5) is 4.79 Å². The smallest absolute Gasteiger partial charge is 0.405 e. The van der Waals surface area contributed by atoms with Gasteiger partial charge in [0.05, 0.1) is 22.3 Å². The van der Waals surface area contributed by atoms with Crippen LogP contribution in [0.5, 0.6) is 6.01 Å².